The fraction of sp³-hybridized carbons (Fsp3) is 0.417. The maximum absolute atomic E-state index is 11.6. The number of carbonyl (C=O) groups is 1. The minimum absolute atomic E-state index is 0.100. The Labute approximate surface area is 107 Å². The molecule has 6 heteroatoms. The Morgan fingerprint density at radius 2 is 2.00 bits per heavy atom. The summed E-state index contributed by atoms with van der Waals surface area (Å²) in [5.41, 5.74) is 0.739. The van der Waals surface area contributed by atoms with Gasteiger partial charge in [0.2, 0.25) is 5.91 Å². The van der Waals surface area contributed by atoms with Crippen LogP contribution in [0.3, 0.4) is 0 Å². The number of anilines is 1. The largest absolute Gasteiger partial charge is 0.325 e. The SMILES string of the molecule is O=C(CNC1CCS(=O)(=O)C1)Nc1ccccc1. The van der Waals surface area contributed by atoms with Gasteiger partial charge in [-0.2, -0.15) is 0 Å². The van der Waals surface area contributed by atoms with Gasteiger partial charge in [-0.1, -0.05) is 18.2 Å². The molecular formula is C12H16N2O3S. The van der Waals surface area contributed by atoms with Crippen molar-refractivity contribution in [2.45, 2.75) is 12.5 Å². The summed E-state index contributed by atoms with van der Waals surface area (Å²) < 4.78 is 22.5. The fourth-order valence-electron chi connectivity index (χ4n) is 1.92. The fourth-order valence-corrected chi connectivity index (χ4v) is 3.63. The summed E-state index contributed by atoms with van der Waals surface area (Å²) in [6, 6.07) is 9.06. The molecule has 18 heavy (non-hydrogen) atoms. The zero-order chi connectivity index (χ0) is 13.0. The van der Waals surface area contributed by atoms with Gasteiger partial charge in [-0.15, -0.1) is 0 Å². The van der Waals surface area contributed by atoms with Crippen molar-refractivity contribution in [3.63, 3.8) is 0 Å². The van der Waals surface area contributed by atoms with Crippen LogP contribution in [0.2, 0.25) is 0 Å². The van der Waals surface area contributed by atoms with Crippen molar-refractivity contribution in [2.75, 3.05) is 23.4 Å². The van der Waals surface area contributed by atoms with Crippen LogP contribution in [0.25, 0.3) is 0 Å². The van der Waals surface area contributed by atoms with Gasteiger partial charge in [0, 0.05) is 11.7 Å². The zero-order valence-corrected chi connectivity index (χ0v) is 10.7. The molecule has 1 fully saturated rings. The molecule has 1 aliphatic heterocycles. The Hall–Kier alpha value is -1.40. The number of hydrogen-bond donors (Lipinski definition) is 2. The number of carbonyl (C=O) groups excluding carboxylic acids is 1. The van der Waals surface area contributed by atoms with Crippen molar-refractivity contribution in [3.8, 4) is 0 Å². The monoisotopic (exact) mass is 268 g/mol. The van der Waals surface area contributed by atoms with Crippen molar-refractivity contribution >= 4 is 21.4 Å². The van der Waals surface area contributed by atoms with Crippen LogP contribution in [-0.2, 0) is 14.6 Å². The van der Waals surface area contributed by atoms with Gasteiger partial charge in [0.05, 0.1) is 18.1 Å². The molecule has 1 aromatic rings. The molecule has 1 heterocycles. The number of para-hydroxylation sites is 1. The van der Waals surface area contributed by atoms with E-state index in [1.54, 1.807) is 12.1 Å². The Kier molecular flexibility index (Phi) is 3.98. The predicted octanol–water partition coefficient (Wildman–Crippen LogP) is 0.402. The maximum Gasteiger partial charge on any atom is 0.238 e. The van der Waals surface area contributed by atoms with E-state index in [-0.39, 0.29) is 30.0 Å². The minimum Gasteiger partial charge on any atom is -0.325 e. The molecule has 0 aromatic heterocycles. The van der Waals surface area contributed by atoms with Crippen molar-refractivity contribution in [2.24, 2.45) is 0 Å². The number of nitrogens with one attached hydrogen (secondary N) is 2. The second-order valence-corrected chi connectivity index (χ2v) is 6.62. The average Bonchev–Trinajstić information content (AvgIpc) is 2.68. The summed E-state index contributed by atoms with van der Waals surface area (Å²) in [6.07, 6.45) is 0.584. The van der Waals surface area contributed by atoms with Crippen LogP contribution in [0.4, 0.5) is 5.69 Å². The third kappa shape index (κ3) is 3.82. The van der Waals surface area contributed by atoms with Gasteiger partial charge < -0.3 is 10.6 Å². The average molecular weight is 268 g/mol. The second-order valence-electron chi connectivity index (χ2n) is 4.40. The first kappa shape index (κ1) is 13.0. The summed E-state index contributed by atoms with van der Waals surface area (Å²) in [4.78, 5) is 11.6. The normalized spacial score (nSPS) is 21.7. The first-order valence-electron chi connectivity index (χ1n) is 5.84. The molecule has 1 saturated heterocycles. The Morgan fingerprint density at radius 3 is 2.61 bits per heavy atom. The van der Waals surface area contributed by atoms with Crippen LogP contribution < -0.4 is 10.6 Å². The van der Waals surface area contributed by atoms with E-state index >= 15 is 0 Å². The molecule has 2 N–H and O–H groups in total. The van der Waals surface area contributed by atoms with Crippen LogP contribution >= 0.6 is 0 Å². The Morgan fingerprint density at radius 1 is 1.28 bits per heavy atom. The van der Waals surface area contributed by atoms with Crippen LogP contribution in [0.1, 0.15) is 6.42 Å². The lowest BCUT2D eigenvalue weighted by molar-refractivity contribution is -0.115. The molecule has 98 valence electrons. The molecule has 0 bridgehead atoms. The predicted molar refractivity (Wildman–Crippen MR) is 70.1 cm³/mol. The molecule has 0 saturated carbocycles. The third-order valence-electron chi connectivity index (χ3n) is 2.84. The molecule has 1 amide bonds. The van der Waals surface area contributed by atoms with Gasteiger partial charge in [0.15, 0.2) is 9.84 Å². The lowest BCUT2D eigenvalue weighted by Gasteiger charge is -2.10. The van der Waals surface area contributed by atoms with Gasteiger partial charge in [0.25, 0.3) is 0 Å². The first-order chi connectivity index (χ1) is 8.55. The van der Waals surface area contributed by atoms with E-state index in [0.29, 0.717) is 6.42 Å². The van der Waals surface area contributed by atoms with Gasteiger partial charge >= 0.3 is 0 Å². The van der Waals surface area contributed by atoms with E-state index in [4.69, 9.17) is 0 Å². The molecule has 0 radical (unpaired) electrons. The van der Waals surface area contributed by atoms with Crippen LogP contribution in [-0.4, -0.2) is 38.4 Å². The summed E-state index contributed by atoms with van der Waals surface area (Å²) in [5, 5.41) is 5.70. The van der Waals surface area contributed by atoms with Crippen molar-refractivity contribution in [3.05, 3.63) is 30.3 Å². The van der Waals surface area contributed by atoms with Crippen molar-refractivity contribution in [1.82, 2.24) is 5.32 Å². The zero-order valence-electron chi connectivity index (χ0n) is 9.93. The summed E-state index contributed by atoms with van der Waals surface area (Å²) >= 11 is 0. The molecule has 1 unspecified atom stereocenters. The van der Waals surface area contributed by atoms with E-state index in [0.717, 1.165) is 5.69 Å². The third-order valence-corrected chi connectivity index (χ3v) is 4.61. The number of hydrogen-bond acceptors (Lipinski definition) is 4. The molecular weight excluding hydrogens is 252 g/mol. The number of benzene rings is 1. The molecule has 1 aromatic carbocycles. The highest BCUT2D eigenvalue weighted by Crippen LogP contribution is 2.11. The smallest absolute Gasteiger partial charge is 0.238 e. The molecule has 1 aliphatic rings. The van der Waals surface area contributed by atoms with Gasteiger partial charge in [-0.05, 0) is 18.6 Å². The van der Waals surface area contributed by atoms with Gasteiger partial charge in [-0.3, -0.25) is 4.79 Å². The number of sulfone groups is 1. The van der Waals surface area contributed by atoms with Crippen LogP contribution in [0.5, 0.6) is 0 Å². The van der Waals surface area contributed by atoms with E-state index < -0.39 is 9.84 Å². The summed E-state index contributed by atoms with van der Waals surface area (Å²) in [6.45, 7) is 0.134. The lowest BCUT2D eigenvalue weighted by Crippen LogP contribution is -2.36. The highest BCUT2D eigenvalue weighted by molar-refractivity contribution is 7.91. The van der Waals surface area contributed by atoms with E-state index in [2.05, 4.69) is 10.6 Å². The van der Waals surface area contributed by atoms with E-state index in [9.17, 15) is 13.2 Å². The maximum atomic E-state index is 11.6. The van der Waals surface area contributed by atoms with E-state index in [1.165, 1.54) is 0 Å². The van der Waals surface area contributed by atoms with Crippen LogP contribution in [0.15, 0.2) is 30.3 Å². The molecule has 0 aliphatic carbocycles. The lowest BCUT2D eigenvalue weighted by atomic mass is 10.2. The first-order valence-corrected chi connectivity index (χ1v) is 7.66. The second kappa shape index (κ2) is 5.49. The molecule has 5 nitrogen and oxygen atoms in total. The quantitative estimate of drug-likeness (QED) is 0.829. The Balaban J connectivity index is 1.76. The summed E-state index contributed by atoms with van der Waals surface area (Å²) in [5.74, 6) is 0.182. The van der Waals surface area contributed by atoms with Crippen molar-refractivity contribution in [1.29, 1.82) is 0 Å². The van der Waals surface area contributed by atoms with Crippen molar-refractivity contribution < 1.29 is 13.2 Å². The summed E-state index contributed by atoms with van der Waals surface area (Å²) in [7, 11) is -2.90. The highest BCUT2D eigenvalue weighted by Gasteiger charge is 2.27. The minimum atomic E-state index is -2.90. The molecule has 0 spiro atoms. The van der Waals surface area contributed by atoms with Gasteiger partial charge in [0.1, 0.15) is 0 Å². The standard InChI is InChI=1S/C12H16N2O3S/c15-12(14-10-4-2-1-3-5-10)8-13-11-6-7-18(16,17)9-11/h1-5,11,13H,6-9H2,(H,14,15). The highest BCUT2D eigenvalue weighted by atomic mass is 32.2. The topological polar surface area (TPSA) is 75.3 Å². The van der Waals surface area contributed by atoms with Crippen LogP contribution in [0, 0.1) is 0 Å². The molecule has 2 rings (SSSR count). The Bertz CT molecular complexity index is 513. The number of amides is 1. The van der Waals surface area contributed by atoms with E-state index in [1.807, 2.05) is 18.2 Å². The van der Waals surface area contributed by atoms with Gasteiger partial charge in [-0.25, -0.2) is 8.42 Å². The number of rotatable bonds is 4. The molecule has 1 atom stereocenters.